The number of nitrogen functional groups attached to an aromatic ring is 1. The fraction of sp³-hybridized carbons (Fsp3) is 0.0909. The molecule has 0 aliphatic heterocycles. The van der Waals surface area contributed by atoms with Crippen LogP contribution in [0, 0.1) is 0 Å². The molecule has 0 spiro atoms. The van der Waals surface area contributed by atoms with Gasteiger partial charge in [0, 0.05) is 17.5 Å². The maximum atomic E-state index is 10.9. The number of nitrogens with two attached hydrogens (primary N) is 2. The molecule has 1 aromatic carbocycles. The van der Waals surface area contributed by atoms with Crippen LogP contribution in [0.1, 0.15) is 21.1 Å². The Kier molecular flexibility index (Phi) is 2.87. The first kappa shape index (κ1) is 10.6. The minimum atomic E-state index is -0.497. The maximum Gasteiger partial charge on any atom is 0.268 e. The van der Waals surface area contributed by atoms with Gasteiger partial charge in [0.2, 0.25) is 0 Å². The van der Waals surface area contributed by atoms with E-state index in [1.807, 2.05) is 24.3 Å². The lowest BCUT2D eigenvalue weighted by molar-refractivity contribution is 0.0996. The van der Waals surface area contributed by atoms with Gasteiger partial charge in [0.1, 0.15) is 5.69 Å². The molecular weight excluding hydrogens is 222 g/mol. The summed E-state index contributed by atoms with van der Waals surface area (Å²) in [4.78, 5) is 15.0. The largest absolute Gasteiger partial charge is 0.398 e. The first-order chi connectivity index (χ1) is 7.66. The third-order valence-corrected chi connectivity index (χ3v) is 3.05. The van der Waals surface area contributed by atoms with Crippen molar-refractivity contribution in [3.8, 4) is 0 Å². The highest BCUT2D eigenvalue weighted by Crippen LogP contribution is 2.18. The molecule has 0 unspecified atom stereocenters. The summed E-state index contributed by atoms with van der Waals surface area (Å²) in [6.07, 6.45) is 0.630. The molecule has 5 heteroatoms. The number of hydrogen-bond donors (Lipinski definition) is 2. The van der Waals surface area contributed by atoms with Crippen LogP contribution in [-0.4, -0.2) is 10.9 Å². The first-order valence-electron chi connectivity index (χ1n) is 4.74. The molecule has 1 aromatic heterocycles. The zero-order valence-electron chi connectivity index (χ0n) is 8.51. The van der Waals surface area contributed by atoms with Gasteiger partial charge in [-0.05, 0) is 11.6 Å². The molecule has 4 N–H and O–H groups in total. The Morgan fingerprint density at radius 1 is 1.38 bits per heavy atom. The molecule has 1 heterocycles. The van der Waals surface area contributed by atoms with Crippen LogP contribution in [-0.2, 0) is 6.42 Å². The number of aromatic nitrogens is 1. The van der Waals surface area contributed by atoms with Crippen molar-refractivity contribution in [3.05, 3.63) is 45.9 Å². The molecular formula is C11H11N3OS. The predicted molar refractivity (Wildman–Crippen MR) is 64.3 cm³/mol. The van der Waals surface area contributed by atoms with Crippen LogP contribution in [0.4, 0.5) is 5.69 Å². The Hall–Kier alpha value is -1.88. The first-order valence-corrected chi connectivity index (χ1v) is 5.62. The van der Waals surface area contributed by atoms with Crippen LogP contribution in [0.15, 0.2) is 29.6 Å². The Bertz CT molecular complexity index is 521. The van der Waals surface area contributed by atoms with Gasteiger partial charge < -0.3 is 11.5 Å². The lowest BCUT2D eigenvalue weighted by atomic mass is 10.1. The fourth-order valence-corrected chi connectivity index (χ4v) is 2.17. The summed E-state index contributed by atoms with van der Waals surface area (Å²) in [6.45, 7) is 0. The molecule has 0 saturated carbocycles. The minimum Gasteiger partial charge on any atom is -0.398 e. The average molecular weight is 233 g/mol. The number of para-hydroxylation sites is 1. The summed E-state index contributed by atoms with van der Waals surface area (Å²) < 4.78 is 0. The molecule has 1 amide bonds. The van der Waals surface area contributed by atoms with E-state index in [4.69, 9.17) is 11.5 Å². The van der Waals surface area contributed by atoms with Gasteiger partial charge in [-0.25, -0.2) is 4.98 Å². The van der Waals surface area contributed by atoms with Crippen molar-refractivity contribution >= 4 is 22.9 Å². The van der Waals surface area contributed by atoms with E-state index in [0.29, 0.717) is 12.1 Å². The van der Waals surface area contributed by atoms with Crippen molar-refractivity contribution < 1.29 is 4.79 Å². The maximum absolute atomic E-state index is 10.9. The summed E-state index contributed by atoms with van der Waals surface area (Å²) in [5.41, 5.74) is 13.0. The molecule has 0 atom stereocenters. The van der Waals surface area contributed by atoms with Crippen LogP contribution >= 0.6 is 11.3 Å². The van der Waals surface area contributed by atoms with E-state index in [2.05, 4.69) is 4.98 Å². The van der Waals surface area contributed by atoms with Crippen molar-refractivity contribution in [2.45, 2.75) is 6.42 Å². The number of rotatable bonds is 3. The highest BCUT2D eigenvalue weighted by atomic mass is 32.1. The molecule has 0 aliphatic rings. The number of nitrogens with zero attached hydrogens (tertiary/aromatic N) is 1. The van der Waals surface area contributed by atoms with Crippen LogP contribution in [0.5, 0.6) is 0 Å². The number of anilines is 1. The third-order valence-electron chi connectivity index (χ3n) is 2.20. The number of carbonyl (C=O) groups is 1. The average Bonchev–Trinajstić information content (AvgIpc) is 2.70. The molecule has 2 aromatic rings. The van der Waals surface area contributed by atoms with Crippen molar-refractivity contribution in [1.29, 1.82) is 0 Å². The molecule has 0 radical (unpaired) electrons. The van der Waals surface area contributed by atoms with E-state index in [1.54, 1.807) is 5.38 Å². The summed E-state index contributed by atoms with van der Waals surface area (Å²) >= 11 is 1.41. The monoisotopic (exact) mass is 233 g/mol. The Balaban J connectivity index is 2.21. The van der Waals surface area contributed by atoms with E-state index >= 15 is 0 Å². The molecule has 4 nitrogen and oxygen atoms in total. The topological polar surface area (TPSA) is 82.0 Å². The molecule has 0 bridgehead atoms. The number of carbonyl (C=O) groups excluding carboxylic acids is 1. The van der Waals surface area contributed by atoms with Crippen LogP contribution in [0.2, 0.25) is 0 Å². The van der Waals surface area contributed by atoms with Crippen molar-refractivity contribution in [1.82, 2.24) is 4.98 Å². The Labute approximate surface area is 96.9 Å². The van der Waals surface area contributed by atoms with E-state index in [0.717, 1.165) is 16.3 Å². The molecule has 0 fully saturated rings. The van der Waals surface area contributed by atoms with Crippen molar-refractivity contribution in [2.75, 3.05) is 5.73 Å². The molecule has 0 aliphatic carbocycles. The quantitative estimate of drug-likeness (QED) is 0.786. The summed E-state index contributed by atoms with van der Waals surface area (Å²) in [7, 11) is 0. The summed E-state index contributed by atoms with van der Waals surface area (Å²) in [5.74, 6) is -0.497. The van der Waals surface area contributed by atoms with E-state index in [-0.39, 0.29) is 0 Å². The Morgan fingerprint density at radius 3 is 2.75 bits per heavy atom. The highest BCUT2D eigenvalue weighted by Gasteiger charge is 2.08. The molecule has 2 rings (SSSR count). The third kappa shape index (κ3) is 2.20. The number of primary amides is 1. The smallest absolute Gasteiger partial charge is 0.268 e. The van der Waals surface area contributed by atoms with Gasteiger partial charge >= 0.3 is 0 Å². The van der Waals surface area contributed by atoms with Crippen molar-refractivity contribution in [3.63, 3.8) is 0 Å². The SMILES string of the molecule is NC(=O)c1csc(Cc2ccccc2N)n1. The van der Waals surface area contributed by atoms with Gasteiger partial charge in [0.25, 0.3) is 5.91 Å². The second-order valence-electron chi connectivity index (χ2n) is 3.37. The molecule has 0 saturated heterocycles. The minimum absolute atomic E-state index is 0.314. The predicted octanol–water partition coefficient (Wildman–Crippen LogP) is 1.42. The van der Waals surface area contributed by atoms with E-state index < -0.39 is 5.91 Å². The normalized spacial score (nSPS) is 10.2. The van der Waals surface area contributed by atoms with Crippen molar-refractivity contribution in [2.24, 2.45) is 5.73 Å². The lowest BCUT2D eigenvalue weighted by Crippen LogP contribution is -2.11. The number of hydrogen-bond acceptors (Lipinski definition) is 4. The zero-order valence-corrected chi connectivity index (χ0v) is 9.33. The second kappa shape index (κ2) is 4.32. The van der Waals surface area contributed by atoms with Gasteiger partial charge in [-0.3, -0.25) is 4.79 Å². The molecule has 82 valence electrons. The van der Waals surface area contributed by atoms with Gasteiger partial charge in [0.15, 0.2) is 0 Å². The highest BCUT2D eigenvalue weighted by molar-refractivity contribution is 7.09. The van der Waals surface area contributed by atoms with E-state index in [9.17, 15) is 4.79 Å². The van der Waals surface area contributed by atoms with E-state index in [1.165, 1.54) is 11.3 Å². The second-order valence-corrected chi connectivity index (χ2v) is 4.31. The van der Waals surface area contributed by atoms with Gasteiger partial charge in [-0.1, -0.05) is 18.2 Å². The molecule has 16 heavy (non-hydrogen) atoms. The number of benzene rings is 1. The standard InChI is InChI=1S/C11H11N3OS/c12-8-4-2-1-3-7(8)5-10-14-9(6-16-10)11(13)15/h1-4,6H,5,12H2,(H2,13,15). The van der Waals surface area contributed by atoms with Crippen LogP contribution in [0.25, 0.3) is 0 Å². The van der Waals surface area contributed by atoms with Crippen LogP contribution < -0.4 is 11.5 Å². The number of thiazole rings is 1. The number of amides is 1. The zero-order chi connectivity index (χ0) is 11.5. The summed E-state index contributed by atoms with van der Waals surface area (Å²) in [6, 6.07) is 7.60. The van der Waals surface area contributed by atoms with Gasteiger partial charge in [-0.2, -0.15) is 0 Å². The van der Waals surface area contributed by atoms with Gasteiger partial charge in [0.05, 0.1) is 5.01 Å². The van der Waals surface area contributed by atoms with Crippen LogP contribution in [0.3, 0.4) is 0 Å². The van der Waals surface area contributed by atoms with Gasteiger partial charge in [-0.15, -0.1) is 11.3 Å². The lowest BCUT2D eigenvalue weighted by Gasteiger charge is -2.01. The fourth-order valence-electron chi connectivity index (χ4n) is 1.36. The Morgan fingerprint density at radius 2 is 2.12 bits per heavy atom. The summed E-state index contributed by atoms with van der Waals surface area (Å²) in [5, 5.41) is 2.50.